The van der Waals surface area contributed by atoms with E-state index in [2.05, 4.69) is 20.4 Å². The normalized spacial score (nSPS) is 32.9. The van der Waals surface area contributed by atoms with Gasteiger partial charge in [-0.15, -0.1) is 0 Å². The van der Waals surface area contributed by atoms with Crippen LogP contribution in [0.4, 0.5) is 0 Å². The van der Waals surface area contributed by atoms with Crippen molar-refractivity contribution in [2.45, 2.75) is 83.5 Å². The van der Waals surface area contributed by atoms with Crippen molar-refractivity contribution in [3.05, 3.63) is 12.2 Å². The maximum atomic E-state index is 11.8. The highest BCUT2D eigenvalue weighted by molar-refractivity contribution is 5.87. The smallest absolute Gasteiger partial charge is 0.333 e. The third-order valence-corrected chi connectivity index (χ3v) is 5.59. The Bertz CT molecular complexity index is 441. The molecule has 0 amide bonds. The SMILES string of the molecule is C=C(C)C(=O)OC1(C)CCC1COC(C)(CC)CC1CCCO1. The lowest BCUT2D eigenvalue weighted by atomic mass is 9.70. The fraction of sp³-hybridized carbons (Fsp3) is 0.842. The predicted molar refractivity (Wildman–Crippen MR) is 90.3 cm³/mol. The van der Waals surface area contributed by atoms with Gasteiger partial charge in [0.1, 0.15) is 5.60 Å². The Labute approximate surface area is 140 Å². The molecule has 4 heteroatoms. The molecule has 1 saturated heterocycles. The Morgan fingerprint density at radius 3 is 2.65 bits per heavy atom. The Balaban J connectivity index is 1.85. The van der Waals surface area contributed by atoms with Crippen LogP contribution in [0.2, 0.25) is 0 Å². The lowest BCUT2D eigenvalue weighted by molar-refractivity contribution is -0.187. The highest BCUT2D eigenvalue weighted by Crippen LogP contribution is 2.43. The molecule has 1 aliphatic carbocycles. The van der Waals surface area contributed by atoms with Gasteiger partial charge >= 0.3 is 5.97 Å². The summed E-state index contributed by atoms with van der Waals surface area (Å²) >= 11 is 0. The van der Waals surface area contributed by atoms with Crippen LogP contribution in [0.5, 0.6) is 0 Å². The summed E-state index contributed by atoms with van der Waals surface area (Å²) in [6.07, 6.45) is 6.46. The maximum Gasteiger partial charge on any atom is 0.333 e. The maximum absolute atomic E-state index is 11.8. The predicted octanol–water partition coefficient (Wildman–Crippen LogP) is 4.03. The minimum absolute atomic E-state index is 0.163. The summed E-state index contributed by atoms with van der Waals surface area (Å²) in [5.74, 6) is -0.0315. The molecule has 2 aliphatic rings. The summed E-state index contributed by atoms with van der Waals surface area (Å²) < 4.78 is 17.7. The number of rotatable bonds is 8. The first-order chi connectivity index (χ1) is 10.8. The van der Waals surface area contributed by atoms with Gasteiger partial charge in [0.25, 0.3) is 0 Å². The molecule has 0 spiro atoms. The molecule has 2 fully saturated rings. The van der Waals surface area contributed by atoms with Gasteiger partial charge in [-0.25, -0.2) is 4.79 Å². The van der Waals surface area contributed by atoms with Gasteiger partial charge in [0, 0.05) is 24.5 Å². The summed E-state index contributed by atoms with van der Waals surface area (Å²) in [7, 11) is 0. The first kappa shape index (κ1) is 18.5. The Hall–Kier alpha value is -0.870. The fourth-order valence-corrected chi connectivity index (χ4v) is 3.34. The molecule has 0 aromatic carbocycles. The number of hydrogen-bond acceptors (Lipinski definition) is 4. The topological polar surface area (TPSA) is 44.8 Å². The van der Waals surface area contributed by atoms with Crippen LogP contribution in [0.1, 0.15) is 66.2 Å². The van der Waals surface area contributed by atoms with E-state index in [1.165, 1.54) is 0 Å². The van der Waals surface area contributed by atoms with E-state index in [0.29, 0.717) is 18.3 Å². The molecule has 0 aromatic heterocycles. The quantitative estimate of drug-likeness (QED) is 0.499. The highest BCUT2D eigenvalue weighted by atomic mass is 16.6. The largest absolute Gasteiger partial charge is 0.456 e. The summed E-state index contributed by atoms with van der Waals surface area (Å²) in [5.41, 5.74) is -0.118. The van der Waals surface area contributed by atoms with E-state index >= 15 is 0 Å². The van der Waals surface area contributed by atoms with Crippen LogP contribution in [0.25, 0.3) is 0 Å². The van der Waals surface area contributed by atoms with Crippen molar-refractivity contribution in [1.82, 2.24) is 0 Å². The van der Waals surface area contributed by atoms with Crippen LogP contribution in [0.3, 0.4) is 0 Å². The monoisotopic (exact) mass is 324 g/mol. The van der Waals surface area contributed by atoms with Crippen molar-refractivity contribution in [3.8, 4) is 0 Å². The Kier molecular flexibility index (Phi) is 5.90. The lowest BCUT2D eigenvalue weighted by Gasteiger charge is -2.47. The van der Waals surface area contributed by atoms with Crippen LogP contribution in [0, 0.1) is 5.92 Å². The minimum atomic E-state index is -0.408. The number of esters is 1. The Morgan fingerprint density at radius 1 is 1.43 bits per heavy atom. The summed E-state index contributed by atoms with van der Waals surface area (Å²) in [6.45, 7) is 13.2. The molecular formula is C19H32O4. The van der Waals surface area contributed by atoms with Crippen LogP contribution in [-0.2, 0) is 19.0 Å². The van der Waals surface area contributed by atoms with Gasteiger partial charge < -0.3 is 14.2 Å². The number of hydrogen-bond donors (Lipinski definition) is 0. The first-order valence-corrected chi connectivity index (χ1v) is 8.92. The summed E-state index contributed by atoms with van der Waals surface area (Å²) in [6, 6.07) is 0. The van der Waals surface area contributed by atoms with E-state index in [0.717, 1.165) is 45.1 Å². The van der Waals surface area contributed by atoms with Gasteiger partial charge in [-0.1, -0.05) is 13.5 Å². The molecule has 1 saturated carbocycles. The molecule has 1 heterocycles. The molecular weight excluding hydrogens is 292 g/mol. The molecule has 132 valence electrons. The van der Waals surface area contributed by atoms with E-state index in [9.17, 15) is 4.79 Å². The second-order valence-corrected chi connectivity index (χ2v) is 7.67. The van der Waals surface area contributed by atoms with Crippen molar-refractivity contribution in [1.29, 1.82) is 0 Å². The van der Waals surface area contributed by atoms with Gasteiger partial charge in [-0.05, 0) is 52.9 Å². The van der Waals surface area contributed by atoms with E-state index in [1.807, 2.05) is 6.92 Å². The average molecular weight is 324 g/mol. The van der Waals surface area contributed by atoms with Crippen molar-refractivity contribution in [3.63, 3.8) is 0 Å². The second-order valence-electron chi connectivity index (χ2n) is 7.67. The standard InChI is InChI=1S/C19H32O4/c1-6-18(4,12-16-8-7-11-21-16)22-13-15-9-10-19(15,5)23-17(20)14(2)3/h15-16H,2,6-13H2,1,3-5H3. The van der Waals surface area contributed by atoms with Crippen molar-refractivity contribution >= 4 is 5.97 Å². The van der Waals surface area contributed by atoms with Crippen LogP contribution in [-0.4, -0.2) is 36.5 Å². The van der Waals surface area contributed by atoms with Crippen LogP contribution < -0.4 is 0 Å². The van der Waals surface area contributed by atoms with Crippen molar-refractivity contribution < 1.29 is 19.0 Å². The van der Waals surface area contributed by atoms with Gasteiger partial charge in [0.05, 0.1) is 18.3 Å². The molecule has 0 radical (unpaired) electrons. The molecule has 0 bridgehead atoms. The molecule has 23 heavy (non-hydrogen) atoms. The molecule has 0 N–H and O–H groups in total. The summed E-state index contributed by atoms with van der Waals surface area (Å²) in [5, 5.41) is 0. The number of ether oxygens (including phenoxy) is 3. The van der Waals surface area contributed by atoms with E-state index in [-0.39, 0.29) is 17.5 Å². The van der Waals surface area contributed by atoms with Crippen molar-refractivity contribution in [2.75, 3.05) is 13.2 Å². The van der Waals surface area contributed by atoms with Gasteiger partial charge in [0.15, 0.2) is 0 Å². The van der Waals surface area contributed by atoms with E-state index in [1.54, 1.807) is 6.92 Å². The lowest BCUT2D eigenvalue weighted by Crippen LogP contribution is -2.51. The molecule has 4 atom stereocenters. The zero-order chi connectivity index (χ0) is 17.1. The molecule has 2 rings (SSSR count). The first-order valence-electron chi connectivity index (χ1n) is 8.92. The second kappa shape index (κ2) is 7.35. The number of carbonyl (C=O) groups is 1. The van der Waals surface area contributed by atoms with Crippen LogP contribution in [0.15, 0.2) is 12.2 Å². The summed E-state index contributed by atoms with van der Waals surface area (Å²) in [4.78, 5) is 11.8. The Morgan fingerprint density at radius 2 is 2.17 bits per heavy atom. The molecule has 0 aromatic rings. The van der Waals surface area contributed by atoms with Gasteiger partial charge in [-0.2, -0.15) is 0 Å². The zero-order valence-electron chi connectivity index (χ0n) is 15.2. The van der Waals surface area contributed by atoms with Crippen LogP contribution >= 0.6 is 0 Å². The van der Waals surface area contributed by atoms with E-state index in [4.69, 9.17) is 14.2 Å². The van der Waals surface area contributed by atoms with E-state index < -0.39 is 5.60 Å². The average Bonchev–Trinajstić information content (AvgIpc) is 2.98. The van der Waals surface area contributed by atoms with Gasteiger partial charge in [-0.3, -0.25) is 0 Å². The third-order valence-electron chi connectivity index (χ3n) is 5.59. The highest BCUT2D eigenvalue weighted by Gasteiger charge is 2.47. The minimum Gasteiger partial charge on any atom is -0.456 e. The fourth-order valence-electron chi connectivity index (χ4n) is 3.34. The molecule has 1 aliphatic heterocycles. The molecule has 4 unspecified atom stereocenters. The van der Waals surface area contributed by atoms with Crippen molar-refractivity contribution in [2.24, 2.45) is 5.92 Å². The van der Waals surface area contributed by atoms with Gasteiger partial charge in [0.2, 0.25) is 0 Å². The molecule has 4 nitrogen and oxygen atoms in total. The number of carbonyl (C=O) groups excluding carboxylic acids is 1. The zero-order valence-corrected chi connectivity index (χ0v) is 15.2. The third kappa shape index (κ3) is 4.57.